The molecule has 1 aliphatic heterocycles. The molecule has 1 aromatic carbocycles. The van der Waals surface area contributed by atoms with E-state index in [0.717, 1.165) is 11.1 Å². The van der Waals surface area contributed by atoms with E-state index in [-0.39, 0.29) is 30.0 Å². The van der Waals surface area contributed by atoms with Gasteiger partial charge in [-0.2, -0.15) is 13.2 Å². The van der Waals surface area contributed by atoms with Gasteiger partial charge in [0, 0.05) is 32.8 Å². The average molecular weight is 500 g/mol. The Labute approximate surface area is 175 Å². The van der Waals surface area contributed by atoms with Gasteiger partial charge in [-0.25, -0.2) is 4.99 Å². The van der Waals surface area contributed by atoms with Gasteiger partial charge >= 0.3 is 6.18 Å². The molecule has 0 amide bonds. The molecule has 0 bridgehead atoms. The molecule has 2 rings (SSSR count). The summed E-state index contributed by atoms with van der Waals surface area (Å²) in [7, 11) is 1.65. The van der Waals surface area contributed by atoms with E-state index in [1.165, 1.54) is 4.90 Å². The van der Waals surface area contributed by atoms with Gasteiger partial charge in [-0.1, -0.05) is 24.3 Å². The highest BCUT2D eigenvalue weighted by Crippen LogP contribution is 2.20. The van der Waals surface area contributed by atoms with Crippen molar-refractivity contribution < 1.29 is 17.9 Å². The lowest BCUT2D eigenvalue weighted by Crippen LogP contribution is -2.45. The summed E-state index contributed by atoms with van der Waals surface area (Å²) in [5, 5.41) is 6.41. The van der Waals surface area contributed by atoms with Crippen LogP contribution >= 0.6 is 24.0 Å². The molecule has 27 heavy (non-hydrogen) atoms. The van der Waals surface area contributed by atoms with Crippen molar-refractivity contribution in [2.24, 2.45) is 4.99 Å². The van der Waals surface area contributed by atoms with Crippen molar-refractivity contribution >= 4 is 29.9 Å². The Morgan fingerprint density at radius 1 is 1.30 bits per heavy atom. The molecule has 0 spiro atoms. The Kier molecular flexibility index (Phi) is 10.4. The van der Waals surface area contributed by atoms with Gasteiger partial charge in [0.05, 0.1) is 19.7 Å². The number of likely N-dealkylation sites (tertiary alicyclic amines) is 1. The number of aliphatic imine (C=N–C) groups is 1. The third-order valence-electron chi connectivity index (χ3n) is 4.19. The molecule has 1 aromatic rings. The van der Waals surface area contributed by atoms with Crippen LogP contribution in [0.1, 0.15) is 24.5 Å². The summed E-state index contributed by atoms with van der Waals surface area (Å²) in [4.78, 5) is 6.01. The van der Waals surface area contributed by atoms with Crippen molar-refractivity contribution in [2.75, 3.05) is 33.3 Å². The van der Waals surface area contributed by atoms with Gasteiger partial charge < -0.3 is 15.4 Å². The van der Waals surface area contributed by atoms with E-state index in [1.807, 2.05) is 31.2 Å². The Hall–Kier alpha value is -1.07. The van der Waals surface area contributed by atoms with Gasteiger partial charge in [-0.05, 0) is 24.5 Å². The van der Waals surface area contributed by atoms with Crippen LogP contribution in [-0.4, -0.2) is 56.4 Å². The maximum Gasteiger partial charge on any atom is 0.401 e. The zero-order valence-electron chi connectivity index (χ0n) is 15.7. The second-order valence-corrected chi connectivity index (χ2v) is 6.38. The highest BCUT2D eigenvalue weighted by molar-refractivity contribution is 14.0. The second kappa shape index (κ2) is 11.7. The lowest BCUT2D eigenvalue weighted by Gasteiger charge is -2.20. The summed E-state index contributed by atoms with van der Waals surface area (Å²) in [6, 6.07) is 7.88. The number of rotatable bonds is 7. The highest BCUT2D eigenvalue weighted by Gasteiger charge is 2.34. The summed E-state index contributed by atoms with van der Waals surface area (Å²) >= 11 is 0. The molecule has 1 unspecified atom stereocenters. The van der Waals surface area contributed by atoms with Crippen LogP contribution in [0, 0.1) is 0 Å². The number of nitrogens with one attached hydrogen (secondary N) is 2. The Morgan fingerprint density at radius 3 is 2.63 bits per heavy atom. The SMILES string of the molecule is CCNC(=NCc1ccccc1COC)NC1CCN(CC(F)(F)F)C1.I. The number of halogens is 4. The molecule has 0 radical (unpaired) electrons. The molecule has 0 aliphatic carbocycles. The number of guanidine groups is 1. The van der Waals surface area contributed by atoms with E-state index in [4.69, 9.17) is 4.74 Å². The Balaban J connectivity index is 0.00000364. The summed E-state index contributed by atoms with van der Waals surface area (Å²) < 4.78 is 42.8. The zero-order valence-corrected chi connectivity index (χ0v) is 18.0. The van der Waals surface area contributed by atoms with Crippen LogP contribution in [0.15, 0.2) is 29.3 Å². The van der Waals surface area contributed by atoms with Gasteiger partial charge in [-0.15, -0.1) is 24.0 Å². The normalized spacial score (nSPS) is 18.3. The number of benzene rings is 1. The smallest absolute Gasteiger partial charge is 0.380 e. The Bertz CT molecular complexity index is 598. The summed E-state index contributed by atoms with van der Waals surface area (Å²) in [5.74, 6) is 0.624. The monoisotopic (exact) mass is 500 g/mol. The lowest BCUT2D eigenvalue weighted by molar-refractivity contribution is -0.143. The minimum atomic E-state index is -4.15. The first-order valence-electron chi connectivity index (χ1n) is 8.81. The molecule has 154 valence electrons. The fraction of sp³-hybridized carbons (Fsp3) is 0.611. The first kappa shape index (κ1) is 24.0. The van der Waals surface area contributed by atoms with Crippen molar-refractivity contribution in [1.82, 2.24) is 15.5 Å². The molecule has 1 heterocycles. The largest absolute Gasteiger partial charge is 0.401 e. The number of nitrogens with zero attached hydrogens (tertiary/aromatic N) is 2. The van der Waals surface area contributed by atoms with Crippen molar-refractivity contribution in [1.29, 1.82) is 0 Å². The number of alkyl halides is 3. The number of hydrogen-bond donors (Lipinski definition) is 2. The van der Waals surface area contributed by atoms with Crippen LogP contribution in [0.2, 0.25) is 0 Å². The van der Waals surface area contributed by atoms with E-state index in [1.54, 1.807) is 7.11 Å². The fourth-order valence-corrected chi connectivity index (χ4v) is 3.03. The van der Waals surface area contributed by atoms with Crippen LogP contribution in [0.3, 0.4) is 0 Å². The molecule has 5 nitrogen and oxygen atoms in total. The van der Waals surface area contributed by atoms with E-state index >= 15 is 0 Å². The molecule has 1 fully saturated rings. The maximum atomic E-state index is 12.5. The molecule has 1 aliphatic rings. The van der Waals surface area contributed by atoms with Crippen molar-refractivity contribution in [3.8, 4) is 0 Å². The van der Waals surface area contributed by atoms with Crippen molar-refractivity contribution in [3.05, 3.63) is 35.4 Å². The minimum absolute atomic E-state index is 0. The van der Waals surface area contributed by atoms with Gasteiger partial charge in [0.15, 0.2) is 5.96 Å². The van der Waals surface area contributed by atoms with Crippen LogP contribution in [-0.2, 0) is 17.9 Å². The van der Waals surface area contributed by atoms with Gasteiger partial charge in [-0.3, -0.25) is 4.90 Å². The quantitative estimate of drug-likeness (QED) is 0.343. The van der Waals surface area contributed by atoms with Crippen LogP contribution < -0.4 is 10.6 Å². The molecular weight excluding hydrogens is 472 g/mol. The van der Waals surface area contributed by atoms with E-state index < -0.39 is 12.7 Å². The third kappa shape index (κ3) is 8.65. The topological polar surface area (TPSA) is 48.9 Å². The summed E-state index contributed by atoms with van der Waals surface area (Å²) in [6.45, 7) is 3.59. The average Bonchev–Trinajstić information content (AvgIpc) is 2.99. The van der Waals surface area contributed by atoms with Crippen LogP contribution in [0.5, 0.6) is 0 Å². The summed E-state index contributed by atoms with van der Waals surface area (Å²) in [5.41, 5.74) is 2.14. The maximum absolute atomic E-state index is 12.5. The predicted octanol–water partition coefficient (Wildman–Crippen LogP) is 3.14. The standard InChI is InChI=1S/C18H27F3N4O.HI/c1-3-22-17(23-10-14-6-4-5-7-15(14)12-26-2)24-16-8-9-25(11-16)13-18(19,20)21;/h4-7,16H,3,8-13H2,1-2H3,(H2,22,23,24);1H. The van der Waals surface area contributed by atoms with E-state index in [0.29, 0.717) is 45.2 Å². The number of hydrogen-bond acceptors (Lipinski definition) is 3. The number of methoxy groups -OCH3 is 1. The van der Waals surface area contributed by atoms with Crippen molar-refractivity contribution in [3.63, 3.8) is 0 Å². The van der Waals surface area contributed by atoms with E-state index in [2.05, 4.69) is 15.6 Å². The molecule has 0 saturated carbocycles. The fourth-order valence-electron chi connectivity index (χ4n) is 3.03. The predicted molar refractivity (Wildman–Crippen MR) is 111 cm³/mol. The van der Waals surface area contributed by atoms with Crippen LogP contribution in [0.25, 0.3) is 0 Å². The molecule has 9 heteroatoms. The van der Waals surface area contributed by atoms with E-state index in [9.17, 15) is 13.2 Å². The van der Waals surface area contributed by atoms with Gasteiger partial charge in [0.1, 0.15) is 0 Å². The Morgan fingerprint density at radius 2 is 2.00 bits per heavy atom. The molecular formula is C18H28F3IN4O. The first-order valence-corrected chi connectivity index (χ1v) is 8.81. The van der Waals surface area contributed by atoms with Crippen LogP contribution in [0.4, 0.5) is 13.2 Å². The number of ether oxygens (including phenoxy) is 1. The highest BCUT2D eigenvalue weighted by atomic mass is 127. The third-order valence-corrected chi connectivity index (χ3v) is 4.19. The van der Waals surface area contributed by atoms with Crippen molar-refractivity contribution in [2.45, 2.75) is 38.7 Å². The van der Waals surface area contributed by atoms with Gasteiger partial charge in [0.25, 0.3) is 0 Å². The zero-order chi connectivity index (χ0) is 19.0. The first-order chi connectivity index (χ1) is 12.4. The molecule has 2 N–H and O–H groups in total. The van der Waals surface area contributed by atoms with Gasteiger partial charge in [0.2, 0.25) is 0 Å². The summed E-state index contributed by atoms with van der Waals surface area (Å²) in [6.07, 6.45) is -3.49. The second-order valence-electron chi connectivity index (χ2n) is 6.38. The molecule has 0 aromatic heterocycles. The molecule has 1 atom stereocenters. The minimum Gasteiger partial charge on any atom is -0.380 e. The molecule has 1 saturated heterocycles. The lowest BCUT2D eigenvalue weighted by atomic mass is 10.1.